The van der Waals surface area contributed by atoms with Crippen LogP contribution in [0.4, 0.5) is 11.5 Å². The monoisotopic (exact) mass is 356 g/mol. The molecule has 0 saturated heterocycles. The topological polar surface area (TPSA) is 87.5 Å². The van der Waals surface area contributed by atoms with Crippen molar-refractivity contribution in [3.8, 4) is 0 Å². The van der Waals surface area contributed by atoms with Crippen molar-refractivity contribution < 1.29 is 14.1 Å². The highest BCUT2D eigenvalue weighted by atomic mass is 16.5. The van der Waals surface area contributed by atoms with Gasteiger partial charge in [0.2, 0.25) is 0 Å². The van der Waals surface area contributed by atoms with Crippen molar-refractivity contribution in [2.75, 3.05) is 29.9 Å². The fourth-order valence-electron chi connectivity index (χ4n) is 3.21. The highest BCUT2D eigenvalue weighted by molar-refractivity contribution is 6.39. The lowest BCUT2D eigenvalue weighted by Crippen LogP contribution is -2.36. The highest BCUT2D eigenvalue weighted by Gasteiger charge is 2.17. The summed E-state index contributed by atoms with van der Waals surface area (Å²) in [5, 5.41) is 8.67. The second-order valence-electron chi connectivity index (χ2n) is 6.43. The number of carbonyl (C=O) groups excluding carboxylic acids is 2. The SMILES string of the molecule is CCN1CCCc2cc(CCNC(=O)C(=O)Nc3cc(C)on3)ccc21. The van der Waals surface area contributed by atoms with Crippen molar-refractivity contribution >= 4 is 23.3 Å². The minimum absolute atomic E-state index is 0.234. The molecule has 0 unspecified atom stereocenters. The summed E-state index contributed by atoms with van der Waals surface area (Å²) >= 11 is 0. The van der Waals surface area contributed by atoms with Crippen LogP contribution in [0.3, 0.4) is 0 Å². The molecule has 3 rings (SSSR count). The van der Waals surface area contributed by atoms with E-state index in [0.29, 0.717) is 18.7 Å². The number of fused-ring (bicyclic) bond motifs is 1. The number of aromatic nitrogens is 1. The van der Waals surface area contributed by atoms with E-state index in [9.17, 15) is 9.59 Å². The van der Waals surface area contributed by atoms with Crippen LogP contribution in [0.2, 0.25) is 0 Å². The van der Waals surface area contributed by atoms with Crippen LogP contribution < -0.4 is 15.5 Å². The third-order valence-corrected chi connectivity index (χ3v) is 4.52. The fourth-order valence-corrected chi connectivity index (χ4v) is 3.21. The van der Waals surface area contributed by atoms with Crippen LogP contribution in [-0.2, 0) is 22.4 Å². The first-order chi connectivity index (χ1) is 12.6. The molecule has 2 heterocycles. The van der Waals surface area contributed by atoms with Gasteiger partial charge in [-0.1, -0.05) is 17.3 Å². The van der Waals surface area contributed by atoms with Crippen molar-refractivity contribution in [2.24, 2.45) is 0 Å². The first-order valence-corrected chi connectivity index (χ1v) is 8.96. The Hall–Kier alpha value is -2.83. The van der Waals surface area contributed by atoms with Gasteiger partial charge < -0.3 is 14.7 Å². The van der Waals surface area contributed by atoms with Crippen LogP contribution >= 0.6 is 0 Å². The Morgan fingerprint density at radius 2 is 2.12 bits per heavy atom. The van der Waals surface area contributed by atoms with Gasteiger partial charge >= 0.3 is 11.8 Å². The van der Waals surface area contributed by atoms with E-state index < -0.39 is 11.8 Å². The van der Waals surface area contributed by atoms with Crippen LogP contribution in [-0.4, -0.2) is 36.6 Å². The summed E-state index contributed by atoms with van der Waals surface area (Å²) in [5.74, 6) is -0.629. The molecule has 7 heteroatoms. The number of nitrogens with one attached hydrogen (secondary N) is 2. The lowest BCUT2D eigenvalue weighted by Gasteiger charge is -2.30. The van der Waals surface area contributed by atoms with Crippen LogP contribution in [0.15, 0.2) is 28.8 Å². The molecule has 1 aromatic carbocycles. The van der Waals surface area contributed by atoms with Crippen molar-refractivity contribution in [1.82, 2.24) is 10.5 Å². The summed E-state index contributed by atoms with van der Waals surface area (Å²) in [7, 11) is 0. The van der Waals surface area contributed by atoms with E-state index in [-0.39, 0.29) is 5.82 Å². The van der Waals surface area contributed by atoms with E-state index in [0.717, 1.165) is 25.1 Å². The summed E-state index contributed by atoms with van der Waals surface area (Å²) in [5.41, 5.74) is 3.84. The summed E-state index contributed by atoms with van der Waals surface area (Å²) in [6.45, 7) is 6.41. The average molecular weight is 356 g/mol. The van der Waals surface area contributed by atoms with Gasteiger partial charge in [0.05, 0.1) is 0 Å². The Bertz CT molecular complexity index is 800. The van der Waals surface area contributed by atoms with Crippen LogP contribution in [0, 0.1) is 6.92 Å². The quantitative estimate of drug-likeness (QED) is 0.801. The standard InChI is InChI=1S/C19H24N4O3/c1-3-23-10-4-5-15-12-14(6-7-16(15)23)8-9-20-18(24)19(25)21-17-11-13(2)26-22-17/h6-7,11-12H,3-5,8-10H2,1-2H3,(H,20,24)(H,21,22,25). The molecule has 1 aromatic heterocycles. The number of benzene rings is 1. The van der Waals surface area contributed by atoms with Crippen molar-refractivity contribution in [2.45, 2.75) is 33.1 Å². The second kappa shape index (κ2) is 8.03. The van der Waals surface area contributed by atoms with Gasteiger partial charge in [0, 0.05) is 31.4 Å². The van der Waals surface area contributed by atoms with Crippen molar-refractivity contribution in [1.29, 1.82) is 0 Å². The minimum atomic E-state index is -0.748. The van der Waals surface area contributed by atoms with Crippen LogP contribution in [0.5, 0.6) is 0 Å². The number of amides is 2. The molecule has 138 valence electrons. The summed E-state index contributed by atoms with van der Waals surface area (Å²) in [6, 6.07) is 8.02. The van der Waals surface area contributed by atoms with Crippen LogP contribution in [0.1, 0.15) is 30.2 Å². The molecule has 0 aliphatic carbocycles. The van der Waals surface area contributed by atoms with Gasteiger partial charge in [-0.05, 0) is 50.3 Å². The number of hydrogen-bond donors (Lipinski definition) is 2. The molecule has 0 radical (unpaired) electrons. The van der Waals surface area contributed by atoms with Gasteiger partial charge in [-0.15, -0.1) is 0 Å². The van der Waals surface area contributed by atoms with E-state index in [2.05, 4.69) is 45.8 Å². The van der Waals surface area contributed by atoms with E-state index in [1.807, 2.05) is 0 Å². The lowest BCUT2D eigenvalue weighted by molar-refractivity contribution is -0.136. The van der Waals surface area contributed by atoms with Crippen LogP contribution in [0.25, 0.3) is 0 Å². The van der Waals surface area contributed by atoms with E-state index in [1.165, 1.54) is 17.7 Å². The smallest absolute Gasteiger partial charge is 0.314 e. The minimum Gasteiger partial charge on any atom is -0.372 e. The Balaban J connectivity index is 1.50. The number of hydrogen-bond acceptors (Lipinski definition) is 5. The van der Waals surface area contributed by atoms with Gasteiger partial charge in [0.25, 0.3) is 0 Å². The Morgan fingerprint density at radius 3 is 2.85 bits per heavy atom. The zero-order valence-corrected chi connectivity index (χ0v) is 15.2. The number of anilines is 2. The third-order valence-electron chi connectivity index (χ3n) is 4.52. The average Bonchev–Trinajstić information content (AvgIpc) is 3.05. The number of rotatable bonds is 5. The molecule has 1 aliphatic rings. The number of nitrogens with zero attached hydrogens (tertiary/aromatic N) is 2. The molecule has 2 N–H and O–H groups in total. The maximum Gasteiger partial charge on any atom is 0.314 e. The highest BCUT2D eigenvalue weighted by Crippen LogP contribution is 2.27. The second-order valence-corrected chi connectivity index (χ2v) is 6.43. The lowest BCUT2D eigenvalue weighted by atomic mass is 9.98. The molecule has 0 bridgehead atoms. The van der Waals surface area contributed by atoms with Gasteiger partial charge in [-0.25, -0.2) is 0 Å². The van der Waals surface area contributed by atoms with Crippen molar-refractivity contribution in [3.05, 3.63) is 41.2 Å². The molecular weight excluding hydrogens is 332 g/mol. The molecule has 7 nitrogen and oxygen atoms in total. The zero-order valence-electron chi connectivity index (χ0n) is 15.2. The maximum absolute atomic E-state index is 11.9. The van der Waals surface area contributed by atoms with E-state index in [1.54, 1.807) is 13.0 Å². The normalized spacial score (nSPS) is 13.2. The Kier molecular flexibility index (Phi) is 5.55. The summed E-state index contributed by atoms with van der Waals surface area (Å²) in [4.78, 5) is 26.1. The van der Waals surface area contributed by atoms with Gasteiger partial charge in [0.1, 0.15) is 5.76 Å². The molecule has 0 saturated carbocycles. The third kappa shape index (κ3) is 4.22. The predicted molar refractivity (Wildman–Crippen MR) is 99.2 cm³/mol. The summed E-state index contributed by atoms with van der Waals surface area (Å²) < 4.78 is 4.85. The van der Waals surface area contributed by atoms with Gasteiger partial charge in [-0.3, -0.25) is 14.9 Å². The van der Waals surface area contributed by atoms with Crippen molar-refractivity contribution in [3.63, 3.8) is 0 Å². The Labute approximate surface area is 152 Å². The van der Waals surface area contributed by atoms with E-state index >= 15 is 0 Å². The molecule has 0 spiro atoms. The molecule has 0 fully saturated rings. The van der Waals surface area contributed by atoms with E-state index in [4.69, 9.17) is 4.52 Å². The fraction of sp³-hybridized carbons (Fsp3) is 0.421. The first-order valence-electron chi connectivity index (χ1n) is 8.96. The zero-order chi connectivity index (χ0) is 18.5. The number of aryl methyl sites for hydroxylation is 2. The first kappa shape index (κ1) is 18.0. The molecular formula is C19H24N4O3. The Morgan fingerprint density at radius 1 is 1.27 bits per heavy atom. The predicted octanol–water partition coefficient (Wildman–Crippen LogP) is 2.05. The molecule has 1 aliphatic heterocycles. The summed E-state index contributed by atoms with van der Waals surface area (Å²) in [6.07, 6.45) is 2.94. The molecule has 26 heavy (non-hydrogen) atoms. The molecule has 2 amide bonds. The molecule has 0 atom stereocenters. The number of carbonyl (C=O) groups is 2. The largest absolute Gasteiger partial charge is 0.372 e. The molecule has 2 aromatic rings. The van der Waals surface area contributed by atoms with Gasteiger partial charge in [-0.2, -0.15) is 0 Å². The maximum atomic E-state index is 11.9. The van der Waals surface area contributed by atoms with Gasteiger partial charge in [0.15, 0.2) is 5.82 Å².